The van der Waals surface area contributed by atoms with E-state index in [1.54, 1.807) is 19.2 Å². The molecule has 0 radical (unpaired) electrons. The molecule has 0 saturated carbocycles. The smallest absolute Gasteiger partial charge is 0.247 e. The Hall–Kier alpha value is -3.16. The van der Waals surface area contributed by atoms with Crippen LogP contribution in [-0.4, -0.2) is 23.3 Å². The molecule has 2 aromatic heterocycles. The summed E-state index contributed by atoms with van der Waals surface area (Å²) >= 11 is 0. The van der Waals surface area contributed by atoms with E-state index >= 15 is 0 Å². The number of aromatic nitrogens is 1. The number of hydrogen-bond acceptors (Lipinski definition) is 5. The molecule has 156 valence electrons. The van der Waals surface area contributed by atoms with Gasteiger partial charge in [0.25, 0.3) is 0 Å². The summed E-state index contributed by atoms with van der Waals surface area (Å²) in [6, 6.07) is 9.74. The topological polar surface area (TPSA) is 96.3 Å². The van der Waals surface area contributed by atoms with Crippen molar-refractivity contribution in [3.05, 3.63) is 64.6 Å². The van der Waals surface area contributed by atoms with Crippen LogP contribution >= 0.6 is 12.4 Å². The van der Waals surface area contributed by atoms with Crippen LogP contribution in [0.15, 0.2) is 46.5 Å². The number of carbonyl (C=O) groups is 2. The zero-order valence-corrected chi connectivity index (χ0v) is 17.6. The molecule has 3 N–H and O–H groups in total. The number of nitrogens with one attached hydrogen (secondary N) is 3. The maximum absolute atomic E-state index is 12.5. The fourth-order valence-corrected chi connectivity index (χ4v) is 3.35. The van der Waals surface area contributed by atoms with Crippen molar-refractivity contribution < 1.29 is 14.0 Å². The SMILES string of the molecule is CC(=Cc1cnc2c(c1)CNCC(=O)N2)C(=O)NCc1oc2ccccc2c1C.Cl. The van der Waals surface area contributed by atoms with Gasteiger partial charge in [0, 0.05) is 34.8 Å². The van der Waals surface area contributed by atoms with Crippen molar-refractivity contribution >= 4 is 47.1 Å². The summed E-state index contributed by atoms with van der Waals surface area (Å²) in [5.74, 6) is 1.02. The van der Waals surface area contributed by atoms with Gasteiger partial charge in [0.1, 0.15) is 17.2 Å². The molecule has 0 atom stereocenters. The van der Waals surface area contributed by atoms with E-state index in [1.807, 2.05) is 37.3 Å². The minimum atomic E-state index is -0.175. The Morgan fingerprint density at radius 2 is 2.10 bits per heavy atom. The monoisotopic (exact) mass is 426 g/mol. The Kier molecular flexibility index (Phi) is 6.54. The minimum Gasteiger partial charge on any atom is -0.459 e. The van der Waals surface area contributed by atoms with Gasteiger partial charge in [0.15, 0.2) is 0 Å². The van der Waals surface area contributed by atoms with Gasteiger partial charge in [0.05, 0.1) is 13.1 Å². The Morgan fingerprint density at radius 1 is 1.30 bits per heavy atom. The fourth-order valence-electron chi connectivity index (χ4n) is 3.35. The number of nitrogens with zero attached hydrogens (tertiary/aromatic N) is 1. The van der Waals surface area contributed by atoms with E-state index in [9.17, 15) is 9.59 Å². The maximum Gasteiger partial charge on any atom is 0.247 e. The number of pyridine rings is 1. The van der Waals surface area contributed by atoms with E-state index in [-0.39, 0.29) is 30.8 Å². The molecule has 1 aliphatic heterocycles. The number of anilines is 1. The molecule has 4 rings (SSSR count). The molecule has 1 aliphatic rings. The van der Waals surface area contributed by atoms with Gasteiger partial charge in [-0.15, -0.1) is 12.4 Å². The van der Waals surface area contributed by atoms with E-state index in [2.05, 4.69) is 20.9 Å². The Balaban J connectivity index is 0.00000256. The summed E-state index contributed by atoms with van der Waals surface area (Å²) in [4.78, 5) is 28.4. The van der Waals surface area contributed by atoms with Crippen LogP contribution in [0.5, 0.6) is 0 Å². The summed E-state index contributed by atoms with van der Waals surface area (Å²) in [6.07, 6.45) is 3.42. The quantitative estimate of drug-likeness (QED) is 0.556. The minimum absolute atomic E-state index is 0. The lowest BCUT2D eigenvalue weighted by molar-refractivity contribution is -0.117. The van der Waals surface area contributed by atoms with Crippen molar-refractivity contribution in [2.75, 3.05) is 11.9 Å². The first kappa shape index (κ1) is 21.5. The molecule has 0 saturated heterocycles. The number of fused-ring (bicyclic) bond motifs is 2. The number of furan rings is 1. The first-order valence-corrected chi connectivity index (χ1v) is 9.44. The Labute approximate surface area is 180 Å². The van der Waals surface area contributed by atoms with Gasteiger partial charge in [-0.2, -0.15) is 0 Å². The number of halogens is 1. The summed E-state index contributed by atoms with van der Waals surface area (Å²) in [5, 5.41) is 9.77. The number of carbonyl (C=O) groups excluding carboxylic acids is 2. The van der Waals surface area contributed by atoms with Gasteiger partial charge in [-0.05, 0) is 37.6 Å². The van der Waals surface area contributed by atoms with Gasteiger partial charge in [-0.3, -0.25) is 9.59 Å². The summed E-state index contributed by atoms with van der Waals surface area (Å²) < 4.78 is 5.84. The van der Waals surface area contributed by atoms with Gasteiger partial charge >= 0.3 is 0 Å². The van der Waals surface area contributed by atoms with Crippen LogP contribution in [0.4, 0.5) is 5.82 Å². The fraction of sp³-hybridized carbons (Fsp3) is 0.227. The lowest BCUT2D eigenvalue weighted by atomic mass is 10.1. The second-order valence-corrected chi connectivity index (χ2v) is 7.08. The van der Waals surface area contributed by atoms with Crippen molar-refractivity contribution in [2.45, 2.75) is 26.9 Å². The molecular formula is C22H23ClN4O3. The molecule has 3 heterocycles. The zero-order chi connectivity index (χ0) is 20.4. The van der Waals surface area contributed by atoms with Gasteiger partial charge in [-0.1, -0.05) is 18.2 Å². The van der Waals surface area contributed by atoms with Crippen molar-refractivity contribution in [3.63, 3.8) is 0 Å². The van der Waals surface area contributed by atoms with Crippen molar-refractivity contribution in [1.29, 1.82) is 0 Å². The maximum atomic E-state index is 12.5. The number of amides is 2. The predicted octanol–water partition coefficient (Wildman–Crippen LogP) is 3.32. The molecule has 8 heteroatoms. The summed E-state index contributed by atoms with van der Waals surface area (Å²) in [7, 11) is 0. The molecular weight excluding hydrogens is 404 g/mol. The van der Waals surface area contributed by atoms with E-state index < -0.39 is 0 Å². The second-order valence-electron chi connectivity index (χ2n) is 7.08. The largest absolute Gasteiger partial charge is 0.459 e. The average Bonchev–Trinajstić information content (AvgIpc) is 2.91. The third kappa shape index (κ3) is 4.53. The highest BCUT2D eigenvalue weighted by Gasteiger charge is 2.14. The van der Waals surface area contributed by atoms with Crippen LogP contribution in [0.25, 0.3) is 17.0 Å². The van der Waals surface area contributed by atoms with Gasteiger partial charge in [-0.25, -0.2) is 4.98 Å². The molecule has 0 spiro atoms. The van der Waals surface area contributed by atoms with Crippen LogP contribution < -0.4 is 16.0 Å². The third-order valence-corrected chi connectivity index (χ3v) is 4.94. The van der Waals surface area contributed by atoms with Crippen LogP contribution in [0.2, 0.25) is 0 Å². The van der Waals surface area contributed by atoms with Gasteiger partial charge < -0.3 is 20.4 Å². The van der Waals surface area contributed by atoms with E-state index in [0.29, 0.717) is 24.5 Å². The van der Waals surface area contributed by atoms with E-state index in [4.69, 9.17) is 4.42 Å². The standard InChI is InChI=1S/C22H22N4O3.ClH/c1-13(7-15-8-16-10-23-12-20(27)26-21(16)24-9-15)22(28)25-11-19-14(2)17-5-3-4-6-18(17)29-19;/h3-9,23H,10-12H2,1-2H3,(H,25,28)(H,24,26,27);1H. The molecule has 30 heavy (non-hydrogen) atoms. The highest BCUT2D eigenvalue weighted by molar-refractivity contribution is 5.97. The van der Waals surface area contributed by atoms with Gasteiger partial charge in [0.2, 0.25) is 11.8 Å². The molecule has 1 aromatic carbocycles. The predicted molar refractivity (Wildman–Crippen MR) is 118 cm³/mol. The first-order chi connectivity index (χ1) is 14.0. The summed E-state index contributed by atoms with van der Waals surface area (Å²) in [5.41, 5.74) is 4.10. The molecule has 0 fully saturated rings. The van der Waals surface area contributed by atoms with Crippen LogP contribution in [0.1, 0.15) is 29.4 Å². The van der Waals surface area contributed by atoms with Crippen molar-refractivity contribution in [3.8, 4) is 0 Å². The molecule has 7 nitrogen and oxygen atoms in total. The Bertz CT molecular complexity index is 1140. The second kappa shape index (κ2) is 9.11. The molecule has 0 aliphatic carbocycles. The van der Waals surface area contributed by atoms with Crippen molar-refractivity contribution in [1.82, 2.24) is 15.6 Å². The average molecular weight is 427 g/mol. The number of aryl methyl sites for hydroxylation is 1. The molecule has 3 aromatic rings. The normalized spacial score (nSPS) is 13.8. The summed E-state index contributed by atoms with van der Waals surface area (Å²) in [6.45, 7) is 4.86. The molecule has 0 unspecified atom stereocenters. The van der Waals surface area contributed by atoms with Crippen LogP contribution in [0, 0.1) is 6.92 Å². The molecule has 2 amide bonds. The van der Waals surface area contributed by atoms with E-state index in [1.165, 1.54) is 0 Å². The highest BCUT2D eigenvalue weighted by Crippen LogP contribution is 2.24. The lowest BCUT2D eigenvalue weighted by Crippen LogP contribution is -2.23. The zero-order valence-electron chi connectivity index (χ0n) is 16.7. The number of benzene rings is 1. The number of hydrogen-bond donors (Lipinski definition) is 3. The van der Waals surface area contributed by atoms with Crippen LogP contribution in [0.3, 0.4) is 0 Å². The van der Waals surface area contributed by atoms with Crippen molar-refractivity contribution in [2.24, 2.45) is 0 Å². The van der Waals surface area contributed by atoms with E-state index in [0.717, 1.165) is 33.4 Å². The lowest BCUT2D eigenvalue weighted by Gasteiger charge is -2.07. The number of rotatable bonds is 4. The molecule has 0 bridgehead atoms. The Morgan fingerprint density at radius 3 is 2.90 bits per heavy atom. The highest BCUT2D eigenvalue weighted by atomic mass is 35.5. The first-order valence-electron chi connectivity index (χ1n) is 9.44. The van der Waals surface area contributed by atoms with Crippen LogP contribution in [-0.2, 0) is 22.7 Å². The number of para-hydroxylation sites is 1. The third-order valence-electron chi connectivity index (χ3n) is 4.94.